The molecule has 0 aromatic heterocycles. The van der Waals surface area contributed by atoms with Gasteiger partial charge in [-0.2, -0.15) is 0 Å². The Balaban J connectivity index is 1.38. The quantitative estimate of drug-likeness (QED) is 0.405. The Labute approximate surface area is 185 Å². The molecule has 0 N–H and O–H groups in total. The summed E-state index contributed by atoms with van der Waals surface area (Å²) in [4.78, 5) is 12.2. The van der Waals surface area contributed by atoms with Crippen LogP contribution in [0.1, 0.15) is 55.2 Å². The normalized spacial score (nSPS) is 15.0. The molecule has 3 aromatic rings. The van der Waals surface area contributed by atoms with E-state index in [9.17, 15) is 4.79 Å². The van der Waals surface area contributed by atoms with E-state index >= 15 is 0 Å². The molecule has 0 bridgehead atoms. The molecule has 4 rings (SSSR count). The summed E-state index contributed by atoms with van der Waals surface area (Å²) in [6.45, 7) is 1.97. The van der Waals surface area contributed by atoms with Crippen LogP contribution in [0.2, 0.25) is 0 Å². The number of benzene rings is 3. The summed E-state index contributed by atoms with van der Waals surface area (Å²) < 4.78 is 11.3. The summed E-state index contributed by atoms with van der Waals surface area (Å²) in [6.07, 6.45) is 5.03. The molecule has 3 aromatic carbocycles. The van der Waals surface area contributed by atoms with E-state index in [1.54, 1.807) is 0 Å². The SMILES string of the molecule is CC1(OC(=O)COc2ccc(CC(c3ccccc3)c3ccccc3)cc2)CCCC1. The number of rotatable bonds is 8. The summed E-state index contributed by atoms with van der Waals surface area (Å²) in [6, 6.07) is 29.2. The molecule has 0 spiro atoms. The zero-order valence-electron chi connectivity index (χ0n) is 18.1. The maximum Gasteiger partial charge on any atom is 0.344 e. The number of carbonyl (C=O) groups excluding carboxylic acids is 1. The first-order valence-corrected chi connectivity index (χ1v) is 11.1. The average molecular weight is 415 g/mol. The fourth-order valence-electron chi connectivity index (χ4n) is 4.43. The van der Waals surface area contributed by atoms with Crippen LogP contribution in [0.25, 0.3) is 0 Å². The third-order valence-corrected chi connectivity index (χ3v) is 6.15. The average Bonchev–Trinajstić information content (AvgIpc) is 3.23. The molecule has 1 aliphatic carbocycles. The van der Waals surface area contributed by atoms with Gasteiger partial charge in [0, 0.05) is 5.92 Å². The molecule has 3 nitrogen and oxygen atoms in total. The Morgan fingerprint density at radius 3 is 1.94 bits per heavy atom. The summed E-state index contributed by atoms with van der Waals surface area (Å²) >= 11 is 0. The molecule has 3 heteroatoms. The van der Waals surface area contributed by atoms with Gasteiger partial charge in [0.2, 0.25) is 0 Å². The monoisotopic (exact) mass is 414 g/mol. The molecule has 0 amide bonds. The first-order chi connectivity index (χ1) is 15.1. The molecular formula is C28H30O3. The number of carbonyl (C=O) groups is 1. The smallest absolute Gasteiger partial charge is 0.344 e. The zero-order valence-corrected chi connectivity index (χ0v) is 18.1. The van der Waals surface area contributed by atoms with Crippen LogP contribution >= 0.6 is 0 Å². The van der Waals surface area contributed by atoms with Crippen LogP contribution in [0.4, 0.5) is 0 Å². The lowest BCUT2D eigenvalue weighted by atomic mass is 9.86. The third-order valence-electron chi connectivity index (χ3n) is 6.15. The molecule has 1 aliphatic rings. The molecule has 0 unspecified atom stereocenters. The molecule has 0 atom stereocenters. The lowest BCUT2D eigenvalue weighted by Gasteiger charge is -2.24. The Hall–Kier alpha value is -3.07. The van der Waals surface area contributed by atoms with Crippen molar-refractivity contribution in [3.05, 3.63) is 102 Å². The van der Waals surface area contributed by atoms with Gasteiger partial charge in [0.1, 0.15) is 11.4 Å². The zero-order chi connectivity index (χ0) is 21.5. The first-order valence-electron chi connectivity index (χ1n) is 11.1. The minimum atomic E-state index is -0.311. The van der Waals surface area contributed by atoms with Crippen molar-refractivity contribution in [2.24, 2.45) is 0 Å². The predicted molar refractivity (Wildman–Crippen MR) is 123 cm³/mol. The minimum absolute atomic E-state index is 0.0500. The van der Waals surface area contributed by atoms with Crippen molar-refractivity contribution < 1.29 is 14.3 Å². The third kappa shape index (κ3) is 5.75. The highest BCUT2D eigenvalue weighted by molar-refractivity contribution is 5.71. The van der Waals surface area contributed by atoms with Crippen molar-refractivity contribution in [3.63, 3.8) is 0 Å². The van der Waals surface area contributed by atoms with Gasteiger partial charge in [0.15, 0.2) is 6.61 Å². The van der Waals surface area contributed by atoms with E-state index in [0.29, 0.717) is 5.75 Å². The maximum atomic E-state index is 12.2. The molecule has 0 heterocycles. The van der Waals surface area contributed by atoms with E-state index in [-0.39, 0.29) is 24.1 Å². The van der Waals surface area contributed by atoms with Crippen LogP contribution in [0.3, 0.4) is 0 Å². The second-order valence-electron chi connectivity index (χ2n) is 8.64. The van der Waals surface area contributed by atoms with E-state index in [0.717, 1.165) is 32.1 Å². The van der Waals surface area contributed by atoms with Gasteiger partial charge >= 0.3 is 5.97 Å². The van der Waals surface area contributed by atoms with Gasteiger partial charge in [-0.15, -0.1) is 0 Å². The summed E-state index contributed by atoms with van der Waals surface area (Å²) in [5, 5.41) is 0. The van der Waals surface area contributed by atoms with Gasteiger partial charge < -0.3 is 9.47 Å². The summed E-state index contributed by atoms with van der Waals surface area (Å²) in [7, 11) is 0. The molecule has 1 saturated carbocycles. The molecule has 0 saturated heterocycles. The van der Waals surface area contributed by atoms with Gasteiger partial charge in [-0.1, -0.05) is 72.8 Å². The van der Waals surface area contributed by atoms with E-state index in [2.05, 4.69) is 72.8 Å². The van der Waals surface area contributed by atoms with Crippen molar-refractivity contribution in [3.8, 4) is 5.75 Å². The lowest BCUT2D eigenvalue weighted by molar-refractivity contribution is -0.159. The molecule has 31 heavy (non-hydrogen) atoms. The van der Waals surface area contributed by atoms with Crippen molar-refractivity contribution in [2.45, 2.75) is 50.5 Å². The number of esters is 1. The van der Waals surface area contributed by atoms with Crippen LogP contribution in [-0.4, -0.2) is 18.2 Å². The second kappa shape index (κ2) is 9.82. The Morgan fingerprint density at radius 1 is 0.839 bits per heavy atom. The fraction of sp³-hybridized carbons (Fsp3) is 0.321. The molecule has 160 valence electrons. The fourth-order valence-corrected chi connectivity index (χ4v) is 4.43. The van der Waals surface area contributed by atoms with Gasteiger partial charge in [-0.05, 0) is 67.9 Å². The van der Waals surface area contributed by atoms with E-state index < -0.39 is 0 Å². The highest BCUT2D eigenvalue weighted by Crippen LogP contribution is 2.33. The van der Waals surface area contributed by atoms with Crippen LogP contribution in [0.5, 0.6) is 5.75 Å². The van der Waals surface area contributed by atoms with Crippen molar-refractivity contribution in [1.29, 1.82) is 0 Å². The maximum absolute atomic E-state index is 12.2. The Morgan fingerprint density at radius 2 is 1.39 bits per heavy atom. The van der Waals surface area contributed by atoms with E-state index in [1.165, 1.54) is 16.7 Å². The molecule has 0 aliphatic heterocycles. The van der Waals surface area contributed by atoms with Crippen LogP contribution in [0.15, 0.2) is 84.9 Å². The van der Waals surface area contributed by atoms with Crippen molar-refractivity contribution >= 4 is 5.97 Å². The second-order valence-corrected chi connectivity index (χ2v) is 8.64. The van der Waals surface area contributed by atoms with Crippen LogP contribution in [0, 0.1) is 0 Å². The van der Waals surface area contributed by atoms with Gasteiger partial charge in [-0.25, -0.2) is 4.79 Å². The lowest BCUT2D eigenvalue weighted by Crippen LogP contribution is -2.30. The topological polar surface area (TPSA) is 35.5 Å². The van der Waals surface area contributed by atoms with E-state index in [1.807, 2.05) is 19.1 Å². The summed E-state index contributed by atoms with van der Waals surface area (Å²) in [5.74, 6) is 0.686. The first kappa shape index (κ1) is 21.2. The highest BCUT2D eigenvalue weighted by atomic mass is 16.6. The number of hydrogen-bond donors (Lipinski definition) is 0. The van der Waals surface area contributed by atoms with E-state index in [4.69, 9.17) is 9.47 Å². The van der Waals surface area contributed by atoms with Crippen LogP contribution < -0.4 is 4.74 Å². The highest BCUT2D eigenvalue weighted by Gasteiger charge is 2.32. The number of hydrogen-bond acceptors (Lipinski definition) is 3. The Bertz CT molecular complexity index is 919. The molecular weight excluding hydrogens is 384 g/mol. The summed E-state index contributed by atoms with van der Waals surface area (Å²) in [5.41, 5.74) is 3.52. The number of ether oxygens (including phenoxy) is 2. The van der Waals surface area contributed by atoms with Gasteiger partial charge in [-0.3, -0.25) is 0 Å². The standard InChI is InChI=1S/C28H30O3/c1-28(18-8-9-19-28)31-27(29)21-30-25-16-14-22(15-17-25)20-26(23-10-4-2-5-11-23)24-12-6-3-7-13-24/h2-7,10-17,26H,8-9,18-21H2,1H3. The Kier molecular flexibility index (Phi) is 6.71. The van der Waals surface area contributed by atoms with Crippen LogP contribution in [-0.2, 0) is 16.0 Å². The predicted octanol–water partition coefficient (Wildman–Crippen LogP) is 6.32. The van der Waals surface area contributed by atoms with Gasteiger partial charge in [0.05, 0.1) is 0 Å². The van der Waals surface area contributed by atoms with Gasteiger partial charge in [0.25, 0.3) is 0 Å². The van der Waals surface area contributed by atoms with Crippen molar-refractivity contribution in [2.75, 3.05) is 6.61 Å². The minimum Gasteiger partial charge on any atom is -0.482 e. The molecule has 0 radical (unpaired) electrons. The molecule has 1 fully saturated rings. The largest absolute Gasteiger partial charge is 0.482 e. The van der Waals surface area contributed by atoms with Crippen molar-refractivity contribution in [1.82, 2.24) is 0 Å².